The molecule has 1 aliphatic rings. The van der Waals surface area contributed by atoms with Crippen molar-refractivity contribution in [1.29, 1.82) is 0 Å². The van der Waals surface area contributed by atoms with E-state index in [9.17, 15) is 9.59 Å². The van der Waals surface area contributed by atoms with Gasteiger partial charge in [0.1, 0.15) is 4.88 Å². The zero-order valence-corrected chi connectivity index (χ0v) is 17.8. The number of aromatic nitrogens is 4. The molecule has 3 aromatic rings. The van der Waals surface area contributed by atoms with E-state index in [1.165, 1.54) is 11.3 Å². The van der Waals surface area contributed by atoms with E-state index in [1.807, 2.05) is 19.1 Å². The van der Waals surface area contributed by atoms with Crippen LogP contribution in [0.4, 0.5) is 0 Å². The van der Waals surface area contributed by atoms with Crippen molar-refractivity contribution >= 4 is 40.7 Å². The van der Waals surface area contributed by atoms with Crippen LogP contribution < -0.4 is 10.6 Å². The number of hydrogen-bond donors (Lipinski definition) is 4. The van der Waals surface area contributed by atoms with E-state index in [2.05, 4.69) is 30.8 Å². The fourth-order valence-corrected chi connectivity index (χ4v) is 4.26. The number of thiazole rings is 1. The van der Waals surface area contributed by atoms with Crippen LogP contribution >= 0.6 is 11.3 Å². The molecule has 4 rings (SSSR count). The smallest absolute Gasteiger partial charge is 0.290 e. The fourth-order valence-electron chi connectivity index (χ4n) is 3.58. The Bertz CT molecular complexity index is 1040. The first kappa shape index (κ1) is 22.3. The van der Waals surface area contributed by atoms with Crippen LogP contribution in [0.15, 0.2) is 24.5 Å². The van der Waals surface area contributed by atoms with E-state index in [1.54, 1.807) is 12.4 Å². The number of nitrogens with one attached hydrogen (secondary N) is 3. The van der Waals surface area contributed by atoms with Crippen LogP contribution in [0.5, 0.6) is 0 Å². The van der Waals surface area contributed by atoms with Gasteiger partial charge >= 0.3 is 0 Å². The Balaban J connectivity index is 0.000000858. The third-order valence-electron chi connectivity index (χ3n) is 5.13. The number of aryl methyl sites for hydroxylation is 1. The molecular formula is C20H24N6O4S. The van der Waals surface area contributed by atoms with Gasteiger partial charge in [-0.05, 0) is 44.7 Å². The predicted molar refractivity (Wildman–Crippen MR) is 114 cm³/mol. The number of pyridine rings is 1. The third-order valence-corrected chi connectivity index (χ3v) is 6.04. The van der Waals surface area contributed by atoms with E-state index < -0.39 is 0 Å². The van der Waals surface area contributed by atoms with Crippen molar-refractivity contribution in [1.82, 2.24) is 30.8 Å². The average Bonchev–Trinajstić information content (AvgIpc) is 3.39. The molecule has 0 unspecified atom stereocenters. The lowest BCUT2D eigenvalue weighted by Gasteiger charge is -2.28. The van der Waals surface area contributed by atoms with E-state index in [4.69, 9.17) is 9.90 Å². The molecule has 31 heavy (non-hydrogen) atoms. The average molecular weight is 445 g/mol. The third kappa shape index (κ3) is 5.85. The summed E-state index contributed by atoms with van der Waals surface area (Å²) in [7, 11) is 0. The van der Waals surface area contributed by atoms with E-state index in [0.717, 1.165) is 41.8 Å². The lowest BCUT2D eigenvalue weighted by atomic mass is 9.85. The number of nitrogens with zero attached hydrogens (tertiary/aromatic N) is 3. The first-order valence-corrected chi connectivity index (χ1v) is 10.7. The molecule has 0 bridgehead atoms. The largest absolute Gasteiger partial charge is 0.483 e. The van der Waals surface area contributed by atoms with Gasteiger partial charge < -0.3 is 15.7 Å². The van der Waals surface area contributed by atoms with Gasteiger partial charge in [-0.1, -0.05) is 0 Å². The maximum absolute atomic E-state index is 12.5. The molecule has 0 aliphatic heterocycles. The summed E-state index contributed by atoms with van der Waals surface area (Å²) in [6.45, 7) is 2.04. The summed E-state index contributed by atoms with van der Waals surface area (Å²) in [5.41, 5.74) is 1.51. The minimum Gasteiger partial charge on any atom is -0.483 e. The van der Waals surface area contributed by atoms with E-state index in [-0.39, 0.29) is 30.2 Å². The number of carboxylic acid groups (broad SMARTS) is 1. The Morgan fingerprint density at radius 2 is 2.03 bits per heavy atom. The number of carbonyl (C=O) groups is 3. The Labute approximate surface area is 182 Å². The number of hydrogen-bond acceptors (Lipinski definition) is 7. The molecule has 4 N–H and O–H groups in total. The topological polar surface area (TPSA) is 150 Å². The predicted octanol–water partition coefficient (Wildman–Crippen LogP) is 2.03. The maximum Gasteiger partial charge on any atom is 0.290 e. The SMILES string of the molecule is Cc1ncc(C(=O)NC2CCC(C(=O)NCc3[nH]nc4ncccc34)CC2)s1.O=CO. The van der Waals surface area contributed by atoms with Crippen molar-refractivity contribution in [3.63, 3.8) is 0 Å². The van der Waals surface area contributed by atoms with Gasteiger partial charge in [0.15, 0.2) is 5.65 Å². The van der Waals surface area contributed by atoms with Crippen molar-refractivity contribution in [2.75, 3.05) is 0 Å². The van der Waals surface area contributed by atoms with Gasteiger partial charge in [0.25, 0.3) is 12.4 Å². The van der Waals surface area contributed by atoms with Crippen LogP contribution in [-0.4, -0.2) is 49.6 Å². The molecule has 2 amide bonds. The maximum atomic E-state index is 12.5. The van der Waals surface area contributed by atoms with Crippen LogP contribution in [0.2, 0.25) is 0 Å². The van der Waals surface area contributed by atoms with Crippen LogP contribution in [0.3, 0.4) is 0 Å². The number of aromatic amines is 1. The van der Waals surface area contributed by atoms with Gasteiger partial charge in [-0.2, -0.15) is 5.10 Å². The fraction of sp³-hybridized carbons (Fsp3) is 0.400. The molecule has 0 saturated heterocycles. The van der Waals surface area contributed by atoms with Gasteiger partial charge in [-0.3, -0.25) is 19.5 Å². The molecule has 164 valence electrons. The Hall–Kier alpha value is -3.34. The second kappa shape index (κ2) is 10.6. The Morgan fingerprint density at radius 3 is 2.71 bits per heavy atom. The summed E-state index contributed by atoms with van der Waals surface area (Å²) < 4.78 is 0. The molecule has 0 spiro atoms. The zero-order chi connectivity index (χ0) is 22.2. The quantitative estimate of drug-likeness (QED) is 0.440. The summed E-state index contributed by atoms with van der Waals surface area (Å²) in [5.74, 6) is -0.0427. The molecule has 1 aliphatic carbocycles. The van der Waals surface area contributed by atoms with Gasteiger partial charge in [-0.15, -0.1) is 11.3 Å². The van der Waals surface area contributed by atoms with Gasteiger partial charge in [0.05, 0.1) is 23.4 Å². The normalized spacial score (nSPS) is 18.0. The number of fused-ring (bicyclic) bond motifs is 1. The van der Waals surface area contributed by atoms with Crippen molar-refractivity contribution in [2.24, 2.45) is 5.92 Å². The lowest BCUT2D eigenvalue weighted by molar-refractivity contribution is -0.126. The van der Waals surface area contributed by atoms with E-state index >= 15 is 0 Å². The second-order valence-corrected chi connectivity index (χ2v) is 8.40. The van der Waals surface area contributed by atoms with Gasteiger partial charge in [0.2, 0.25) is 5.91 Å². The summed E-state index contributed by atoms with van der Waals surface area (Å²) in [6.07, 6.45) is 6.45. The molecule has 11 heteroatoms. The van der Waals surface area contributed by atoms with Crippen molar-refractivity contribution < 1.29 is 19.5 Å². The first-order chi connectivity index (χ1) is 15.0. The van der Waals surface area contributed by atoms with Gasteiger partial charge in [-0.25, -0.2) is 9.97 Å². The minimum absolute atomic E-state index is 0.0221. The molecule has 3 heterocycles. The van der Waals surface area contributed by atoms with Crippen LogP contribution in [0.25, 0.3) is 11.0 Å². The molecule has 10 nitrogen and oxygen atoms in total. The molecule has 3 aromatic heterocycles. The summed E-state index contributed by atoms with van der Waals surface area (Å²) >= 11 is 1.40. The highest BCUT2D eigenvalue weighted by atomic mass is 32.1. The molecule has 1 fully saturated rings. The van der Waals surface area contributed by atoms with Crippen molar-refractivity contribution in [3.05, 3.63) is 40.1 Å². The number of H-pyrrole nitrogens is 1. The number of rotatable bonds is 5. The van der Waals surface area contributed by atoms with Crippen LogP contribution in [0, 0.1) is 12.8 Å². The molecule has 0 atom stereocenters. The standard InChI is InChI=1S/C19H22N6O2S.CH2O2/c1-11-21-10-16(28-11)19(27)23-13-6-4-12(5-7-13)18(26)22-9-15-14-3-2-8-20-17(14)25-24-15;2-1-3/h2-3,8,10,12-13H,4-7,9H2,1H3,(H,22,26)(H,23,27)(H,20,24,25);1H,(H,2,3). The monoisotopic (exact) mass is 444 g/mol. The first-order valence-electron chi connectivity index (χ1n) is 9.88. The Morgan fingerprint density at radius 1 is 1.29 bits per heavy atom. The highest BCUT2D eigenvalue weighted by Gasteiger charge is 2.27. The van der Waals surface area contributed by atoms with Crippen LogP contribution in [0.1, 0.15) is 46.1 Å². The van der Waals surface area contributed by atoms with E-state index in [0.29, 0.717) is 17.1 Å². The summed E-state index contributed by atoms with van der Waals surface area (Å²) in [5, 5.41) is 21.8. The van der Waals surface area contributed by atoms with Crippen molar-refractivity contribution in [3.8, 4) is 0 Å². The second-order valence-electron chi connectivity index (χ2n) is 7.17. The molecule has 1 saturated carbocycles. The Kier molecular flexibility index (Phi) is 7.65. The zero-order valence-electron chi connectivity index (χ0n) is 17.0. The lowest BCUT2D eigenvalue weighted by Crippen LogP contribution is -2.40. The van der Waals surface area contributed by atoms with Crippen molar-refractivity contribution in [2.45, 2.75) is 45.2 Å². The summed E-state index contributed by atoms with van der Waals surface area (Å²) in [4.78, 5) is 42.1. The highest BCUT2D eigenvalue weighted by molar-refractivity contribution is 7.13. The molecule has 0 radical (unpaired) electrons. The molecular weight excluding hydrogens is 420 g/mol. The minimum atomic E-state index is -0.250. The molecule has 0 aromatic carbocycles. The number of carbonyl (C=O) groups excluding carboxylic acids is 2. The van der Waals surface area contributed by atoms with Crippen LogP contribution in [-0.2, 0) is 16.1 Å². The van der Waals surface area contributed by atoms with Gasteiger partial charge in [0, 0.05) is 23.5 Å². The summed E-state index contributed by atoms with van der Waals surface area (Å²) in [6, 6.07) is 3.90. The highest BCUT2D eigenvalue weighted by Crippen LogP contribution is 2.25. The number of amides is 2.